The third-order valence-corrected chi connectivity index (χ3v) is 11.7. The van der Waals surface area contributed by atoms with Gasteiger partial charge in [0, 0.05) is 38.2 Å². The van der Waals surface area contributed by atoms with Crippen LogP contribution in [0.1, 0.15) is 48.5 Å². The van der Waals surface area contributed by atoms with Crippen molar-refractivity contribution in [1.82, 2.24) is 24.4 Å². The van der Waals surface area contributed by atoms with Crippen LogP contribution >= 0.6 is 11.3 Å². The van der Waals surface area contributed by atoms with Crippen molar-refractivity contribution in [3.63, 3.8) is 0 Å². The zero-order valence-electron chi connectivity index (χ0n) is 28.6. The quantitative estimate of drug-likeness (QED) is 0.115. The number of aliphatic hydroxyl groups excluding tert-OH is 1. The molecule has 3 aromatic rings. The molecule has 3 heterocycles. The first-order valence-electron chi connectivity index (χ1n) is 16.8. The first kappa shape index (κ1) is 37.4. The number of hydrogen-bond donors (Lipinski definition) is 3. The number of urea groups is 1. The molecule has 0 saturated carbocycles. The van der Waals surface area contributed by atoms with Gasteiger partial charge >= 0.3 is 6.03 Å². The molecule has 15 heteroatoms. The van der Waals surface area contributed by atoms with Crippen LogP contribution in [0.15, 0.2) is 70.0 Å². The molecule has 50 heavy (non-hydrogen) atoms. The van der Waals surface area contributed by atoms with Crippen molar-refractivity contribution >= 4 is 39.5 Å². The number of aryl methyl sites for hydroxylation is 1. The molecule has 0 aliphatic carbocycles. The number of rotatable bonds is 16. The second-order valence-electron chi connectivity index (χ2n) is 13.1. The Labute approximate surface area is 297 Å². The van der Waals surface area contributed by atoms with Crippen LogP contribution in [0.2, 0.25) is 0 Å². The monoisotopic (exact) mass is 726 g/mol. The summed E-state index contributed by atoms with van der Waals surface area (Å²) < 4.78 is 35.1. The summed E-state index contributed by atoms with van der Waals surface area (Å²) in [5.74, 6) is -0.667. The number of sulfonamides is 1. The Balaban J connectivity index is 1.38. The molecule has 3 N–H and O–H groups in total. The van der Waals surface area contributed by atoms with Gasteiger partial charge < -0.3 is 30.2 Å². The molecular formula is C35H46N6O7S2. The van der Waals surface area contributed by atoms with E-state index in [1.807, 2.05) is 56.5 Å². The van der Waals surface area contributed by atoms with E-state index in [1.54, 1.807) is 9.80 Å². The van der Waals surface area contributed by atoms with E-state index in [-0.39, 0.29) is 42.5 Å². The number of amides is 3. The van der Waals surface area contributed by atoms with Gasteiger partial charge in [-0.05, 0) is 55.4 Å². The first-order chi connectivity index (χ1) is 24.0. The van der Waals surface area contributed by atoms with Gasteiger partial charge in [-0.1, -0.05) is 61.5 Å². The van der Waals surface area contributed by atoms with E-state index in [2.05, 4.69) is 15.5 Å². The number of carbonyl (C=O) groups is 2. The molecule has 2 fully saturated rings. The zero-order valence-corrected chi connectivity index (χ0v) is 30.2. The number of aromatic nitrogens is 1. The normalized spacial score (nSPS) is 18.8. The minimum absolute atomic E-state index is 0.00576. The van der Waals surface area contributed by atoms with Crippen LogP contribution in [-0.4, -0.2) is 113 Å². The second-order valence-corrected chi connectivity index (χ2v) is 16.1. The number of oxime groups is 1. The van der Waals surface area contributed by atoms with Crippen LogP contribution in [0.4, 0.5) is 4.79 Å². The number of ether oxygens (including phenoxy) is 1. The summed E-state index contributed by atoms with van der Waals surface area (Å²) >= 11 is 1.52. The average molecular weight is 727 g/mol. The SMILES string of the molecule is Cc1nc(CN2CCN([C@H](C(=O)N[C@@H](Cc3ccccc3)[C@H](O)CN(CC3CCCO3)S(=O)(=O)c3ccc(/C=N/O)cc3)C(C)C)C2=O)cs1. The van der Waals surface area contributed by atoms with Gasteiger partial charge in [-0.2, -0.15) is 4.31 Å². The molecular weight excluding hydrogens is 681 g/mol. The predicted octanol–water partition coefficient (Wildman–Crippen LogP) is 3.48. The molecule has 3 amide bonds. The third kappa shape index (κ3) is 9.26. The molecule has 2 aliphatic rings. The van der Waals surface area contributed by atoms with Crippen molar-refractivity contribution in [1.29, 1.82) is 0 Å². The summed E-state index contributed by atoms with van der Waals surface area (Å²) in [5, 5.41) is 29.6. The lowest BCUT2D eigenvalue weighted by atomic mass is 9.98. The maximum atomic E-state index is 14.1. The second kappa shape index (κ2) is 16.9. The molecule has 0 spiro atoms. The van der Waals surface area contributed by atoms with E-state index < -0.39 is 34.1 Å². The maximum Gasteiger partial charge on any atom is 0.321 e. The summed E-state index contributed by atoms with van der Waals surface area (Å²) in [4.78, 5) is 35.5. The Bertz CT molecular complexity index is 1710. The summed E-state index contributed by atoms with van der Waals surface area (Å²) in [6, 6.07) is 13.3. The van der Waals surface area contributed by atoms with E-state index in [0.717, 1.165) is 22.7 Å². The number of nitrogens with zero attached hydrogens (tertiary/aromatic N) is 5. The summed E-state index contributed by atoms with van der Waals surface area (Å²) in [6.45, 7) is 7.07. The van der Waals surface area contributed by atoms with Gasteiger partial charge in [0.2, 0.25) is 15.9 Å². The first-order valence-corrected chi connectivity index (χ1v) is 19.2. The van der Waals surface area contributed by atoms with Gasteiger partial charge in [0.05, 0.1) is 46.6 Å². The molecule has 1 aromatic heterocycles. The van der Waals surface area contributed by atoms with Crippen molar-refractivity contribution in [3.8, 4) is 0 Å². The summed E-state index contributed by atoms with van der Waals surface area (Å²) in [6.07, 6.45) is 1.24. The molecule has 2 aliphatic heterocycles. The van der Waals surface area contributed by atoms with Crippen molar-refractivity contribution in [2.45, 2.75) is 75.8 Å². The Morgan fingerprint density at radius 3 is 2.54 bits per heavy atom. The van der Waals surface area contributed by atoms with Gasteiger partial charge in [-0.3, -0.25) is 4.79 Å². The lowest BCUT2D eigenvalue weighted by Gasteiger charge is -2.34. The largest absolute Gasteiger partial charge is 0.411 e. The fourth-order valence-corrected chi connectivity index (χ4v) is 8.56. The van der Waals surface area contributed by atoms with E-state index in [1.165, 1.54) is 46.1 Å². The average Bonchev–Trinajstić information content (AvgIpc) is 3.84. The molecule has 2 aromatic carbocycles. The van der Waals surface area contributed by atoms with Crippen LogP contribution in [0.3, 0.4) is 0 Å². The fourth-order valence-electron chi connectivity index (χ4n) is 6.47. The molecule has 0 bridgehead atoms. The van der Waals surface area contributed by atoms with Crippen LogP contribution in [0.25, 0.3) is 0 Å². The molecule has 13 nitrogen and oxygen atoms in total. The molecule has 270 valence electrons. The highest BCUT2D eigenvalue weighted by Crippen LogP contribution is 2.24. The number of aliphatic hydroxyl groups is 1. The number of hydrogen-bond acceptors (Lipinski definition) is 10. The highest BCUT2D eigenvalue weighted by Gasteiger charge is 2.41. The topological polar surface area (TPSA) is 165 Å². The van der Waals surface area contributed by atoms with Crippen LogP contribution < -0.4 is 5.32 Å². The lowest BCUT2D eigenvalue weighted by Crippen LogP contribution is -2.57. The van der Waals surface area contributed by atoms with Crippen LogP contribution in [0.5, 0.6) is 0 Å². The van der Waals surface area contributed by atoms with Gasteiger partial charge in [-0.25, -0.2) is 18.2 Å². The number of thiazole rings is 1. The van der Waals surface area contributed by atoms with Gasteiger partial charge in [0.15, 0.2) is 0 Å². The maximum absolute atomic E-state index is 14.1. The molecule has 1 unspecified atom stereocenters. The van der Waals surface area contributed by atoms with Crippen molar-refractivity contribution < 1.29 is 33.1 Å². The van der Waals surface area contributed by atoms with Crippen molar-refractivity contribution in [2.24, 2.45) is 11.1 Å². The van der Waals surface area contributed by atoms with Gasteiger partial charge in [-0.15, -0.1) is 11.3 Å². The van der Waals surface area contributed by atoms with Crippen molar-refractivity contribution in [2.75, 3.05) is 32.8 Å². The summed E-state index contributed by atoms with van der Waals surface area (Å²) in [5.41, 5.74) is 2.16. The van der Waals surface area contributed by atoms with E-state index in [9.17, 15) is 23.1 Å². The Morgan fingerprint density at radius 1 is 1.18 bits per heavy atom. The van der Waals surface area contributed by atoms with E-state index in [0.29, 0.717) is 38.2 Å². The Kier molecular flexibility index (Phi) is 12.6. The minimum Gasteiger partial charge on any atom is -0.411 e. The van der Waals surface area contributed by atoms with E-state index >= 15 is 0 Å². The van der Waals surface area contributed by atoms with Crippen LogP contribution in [0, 0.1) is 12.8 Å². The smallest absolute Gasteiger partial charge is 0.321 e. The van der Waals surface area contributed by atoms with Gasteiger partial charge in [0.1, 0.15) is 6.04 Å². The molecule has 4 atom stereocenters. The number of benzene rings is 2. The molecule has 2 saturated heterocycles. The van der Waals surface area contributed by atoms with E-state index in [4.69, 9.17) is 9.94 Å². The predicted molar refractivity (Wildman–Crippen MR) is 190 cm³/mol. The highest BCUT2D eigenvalue weighted by atomic mass is 32.2. The fraction of sp³-hybridized carbons (Fsp3) is 0.486. The van der Waals surface area contributed by atoms with Crippen molar-refractivity contribution in [3.05, 3.63) is 81.8 Å². The standard InChI is InChI=1S/C35H46N6O7S2/c1-24(2)33(41-16-15-39(35(41)44)20-28-23-49-25(3)37-28)34(43)38-31(18-26-8-5-4-6-9-26)32(42)22-40(21-29-10-7-17-48-29)50(46,47)30-13-11-27(12-14-30)19-36-45/h4-6,8-9,11-14,19,23-24,29,31-33,42,45H,7,10,15-18,20-22H2,1-3H3,(H,38,43)/b36-19+/t29?,31-,32+,33-/m0/s1. The third-order valence-electron chi connectivity index (χ3n) is 9.02. The summed E-state index contributed by atoms with van der Waals surface area (Å²) in [7, 11) is -4.12. The highest BCUT2D eigenvalue weighted by molar-refractivity contribution is 7.89. The minimum atomic E-state index is -4.12. The van der Waals surface area contributed by atoms with Crippen LogP contribution in [-0.2, 0) is 32.5 Å². The number of nitrogens with one attached hydrogen (secondary N) is 1. The lowest BCUT2D eigenvalue weighted by molar-refractivity contribution is -0.128. The van der Waals surface area contributed by atoms with Gasteiger partial charge in [0.25, 0.3) is 0 Å². The number of carbonyl (C=O) groups excluding carboxylic acids is 2. The molecule has 5 rings (SSSR count). The Hall–Kier alpha value is -3.89. The Morgan fingerprint density at radius 2 is 1.92 bits per heavy atom. The molecule has 0 radical (unpaired) electrons. The zero-order chi connectivity index (χ0) is 35.8.